The molecule has 0 saturated heterocycles. The van der Waals surface area contributed by atoms with Crippen LogP contribution >= 0.6 is 0 Å². The highest BCUT2D eigenvalue weighted by atomic mass is 19.4. The van der Waals surface area contributed by atoms with Gasteiger partial charge in [-0.25, -0.2) is 5.06 Å². The first-order valence-electron chi connectivity index (χ1n) is 6.18. The van der Waals surface area contributed by atoms with Crippen LogP contribution in [0, 0.1) is 0 Å². The Morgan fingerprint density at radius 3 is 2.14 bits per heavy atom. The number of benzene rings is 2. The van der Waals surface area contributed by atoms with Crippen molar-refractivity contribution in [3.8, 4) is 5.75 Å². The number of hydroxylamine groups is 1. The fourth-order valence-electron chi connectivity index (χ4n) is 2.07. The average Bonchev–Trinajstić information content (AvgIpc) is 2.47. The lowest BCUT2D eigenvalue weighted by atomic mass is 10.0. The summed E-state index contributed by atoms with van der Waals surface area (Å²) in [5.41, 5.74) is -0.107. The smallest absolute Gasteiger partial charge is 0.415 e. The van der Waals surface area contributed by atoms with E-state index >= 15 is 0 Å². The van der Waals surface area contributed by atoms with Gasteiger partial charge in [-0.2, -0.15) is 13.2 Å². The molecule has 1 atom stereocenters. The molecular weight excluding hydrogens is 283 g/mol. The summed E-state index contributed by atoms with van der Waals surface area (Å²) in [5, 5.41) is 10.3. The molecular formula is C15H14F3NO2. The van der Waals surface area contributed by atoms with Crippen LogP contribution in [0.15, 0.2) is 54.6 Å². The second kappa shape index (κ2) is 6.05. The molecule has 2 rings (SSSR count). The Balaban J connectivity index is 2.49. The van der Waals surface area contributed by atoms with Crippen molar-refractivity contribution in [2.75, 3.05) is 12.2 Å². The predicted molar refractivity (Wildman–Crippen MR) is 72.5 cm³/mol. The van der Waals surface area contributed by atoms with Crippen LogP contribution < -0.4 is 9.80 Å². The maximum atomic E-state index is 13.4. The van der Waals surface area contributed by atoms with Gasteiger partial charge in [0.25, 0.3) is 0 Å². The van der Waals surface area contributed by atoms with Crippen LogP contribution in [0.1, 0.15) is 11.6 Å². The van der Waals surface area contributed by atoms with Gasteiger partial charge < -0.3 is 4.74 Å². The molecule has 0 bridgehead atoms. The van der Waals surface area contributed by atoms with Gasteiger partial charge in [-0.3, -0.25) is 5.21 Å². The normalized spacial score (nSPS) is 12.8. The van der Waals surface area contributed by atoms with Crippen LogP contribution in [0.25, 0.3) is 0 Å². The number of halogens is 3. The van der Waals surface area contributed by atoms with Crippen molar-refractivity contribution in [3.05, 3.63) is 60.2 Å². The van der Waals surface area contributed by atoms with E-state index in [1.165, 1.54) is 37.4 Å². The first kappa shape index (κ1) is 15.2. The van der Waals surface area contributed by atoms with E-state index in [2.05, 4.69) is 0 Å². The molecule has 0 spiro atoms. The molecule has 0 aliphatic rings. The third-order valence-electron chi connectivity index (χ3n) is 3.01. The number of methoxy groups -OCH3 is 1. The summed E-state index contributed by atoms with van der Waals surface area (Å²) in [4.78, 5) is 0. The van der Waals surface area contributed by atoms with Gasteiger partial charge in [0.05, 0.1) is 12.8 Å². The van der Waals surface area contributed by atoms with Crippen LogP contribution in [0.3, 0.4) is 0 Å². The van der Waals surface area contributed by atoms with Crippen LogP contribution in [0.2, 0.25) is 0 Å². The highest BCUT2D eigenvalue weighted by molar-refractivity contribution is 5.48. The van der Waals surface area contributed by atoms with Crippen molar-refractivity contribution in [3.63, 3.8) is 0 Å². The Labute approximate surface area is 120 Å². The molecule has 0 amide bonds. The third kappa shape index (κ3) is 3.28. The fraction of sp³-hybridized carbons (Fsp3) is 0.200. The lowest BCUT2D eigenvalue weighted by molar-refractivity contribution is -0.163. The van der Waals surface area contributed by atoms with Gasteiger partial charge in [0.2, 0.25) is 0 Å². The topological polar surface area (TPSA) is 32.7 Å². The van der Waals surface area contributed by atoms with Gasteiger partial charge in [-0.15, -0.1) is 0 Å². The zero-order chi connectivity index (χ0) is 15.5. The van der Waals surface area contributed by atoms with E-state index < -0.39 is 12.2 Å². The van der Waals surface area contributed by atoms with Crippen molar-refractivity contribution in [1.29, 1.82) is 0 Å². The molecule has 1 unspecified atom stereocenters. The van der Waals surface area contributed by atoms with Crippen LogP contribution in [-0.4, -0.2) is 18.5 Å². The second-order valence-corrected chi connectivity index (χ2v) is 4.37. The van der Waals surface area contributed by atoms with Crippen LogP contribution in [-0.2, 0) is 0 Å². The molecule has 21 heavy (non-hydrogen) atoms. The fourth-order valence-corrected chi connectivity index (χ4v) is 2.07. The number of hydrogen-bond acceptors (Lipinski definition) is 3. The second-order valence-electron chi connectivity index (χ2n) is 4.37. The van der Waals surface area contributed by atoms with Gasteiger partial charge in [-0.1, -0.05) is 36.4 Å². The number of rotatable bonds is 4. The third-order valence-corrected chi connectivity index (χ3v) is 3.01. The quantitative estimate of drug-likeness (QED) is 0.859. The van der Waals surface area contributed by atoms with E-state index in [1.807, 2.05) is 0 Å². The van der Waals surface area contributed by atoms with Gasteiger partial charge >= 0.3 is 6.18 Å². The van der Waals surface area contributed by atoms with Crippen molar-refractivity contribution in [1.82, 2.24) is 0 Å². The van der Waals surface area contributed by atoms with E-state index in [9.17, 15) is 18.4 Å². The molecule has 0 aromatic heterocycles. The first-order valence-corrected chi connectivity index (χ1v) is 6.18. The molecule has 0 fully saturated rings. The molecule has 0 heterocycles. The van der Waals surface area contributed by atoms with Crippen molar-refractivity contribution in [2.45, 2.75) is 12.2 Å². The minimum atomic E-state index is -4.67. The van der Waals surface area contributed by atoms with Gasteiger partial charge in [0.1, 0.15) is 5.75 Å². The van der Waals surface area contributed by atoms with Crippen LogP contribution in [0.5, 0.6) is 5.75 Å². The molecule has 2 aromatic carbocycles. The monoisotopic (exact) mass is 297 g/mol. The SMILES string of the molecule is COc1ccccc1C(N(O)c1ccccc1)C(F)(F)F. The number of para-hydroxylation sites is 2. The summed E-state index contributed by atoms with van der Waals surface area (Å²) >= 11 is 0. The molecule has 0 saturated carbocycles. The van der Waals surface area contributed by atoms with Crippen molar-refractivity contribution >= 4 is 5.69 Å². The number of ether oxygens (including phenoxy) is 1. The summed E-state index contributed by atoms with van der Waals surface area (Å²) in [6.07, 6.45) is -4.67. The number of alkyl halides is 3. The highest BCUT2D eigenvalue weighted by Crippen LogP contribution is 2.42. The molecule has 3 nitrogen and oxygen atoms in total. The Kier molecular flexibility index (Phi) is 4.37. The largest absolute Gasteiger partial charge is 0.496 e. The molecule has 1 N–H and O–H groups in total. The maximum absolute atomic E-state index is 13.4. The lowest BCUT2D eigenvalue weighted by Gasteiger charge is -2.30. The predicted octanol–water partition coefficient (Wildman–Crippen LogP) is 4.19. The van der Waals surface area contributed by atoms with E-state index in [-0.39, 0.29) is 22.1 Å². The molecule has 0 aliphatic heterocycles. The first-order chi connectivity index (χ1) is 9.95. The number of hydrogen-bond donors (Lipinski definition) is 1. The Bertz CT molecular complexity index is 587. The Morgan fingerprint density at radius 1 is 1.00 bits per heavy atom. The zero-order valence-corrected chi connectivity index (χ0v) is 11.2. The number of nitrogens with zero attached hydrogens (tertiary/aromatic N) is 1. The molecule has 0 aliphatic carbocycles. The zero-order valence-electron chi connectivity index (χ0n) is 11.2. The van der Waals surface area contributed by atoms with E-state index in [0.29, 0.717) is 0 Å². The van der Waals surface area contributed by atoms with Gasteiger partial charge in [0.15, 0.2) is 6.04 Å². The Morgan fingerprint density at radius 2 is 1.57 bits per heavy atom. The molecule has 112 valence electrons. The molecule has 0 radical (unpaired) electrons. The van der Waals surface area contributed by atoms with Crippen LogP contribution in [0.4, 0.5) is 18.9 Å². The molecule has 6 heteroatoms. The summed E-state index contributed by atoms with van der Waals surface area (Å²) in [6.45, 7) is 0. The Hall–Kier alpha value is -2.21. The van der Waals surface area contributed by atoms with E-state index in [0.717, 1.165) is 0 Å². The summed E-state index contributed by atoms with van der Waals surface area (Å²) in [5.74, 6) is 0.0646. The highest BCUT2D eigenvalue weighted by Gasteiger charge is 2.46. The minimum Gasteiger partial charge on any atom is -0.496 e. The molecule has 2 aromatic rings. The van der Waals surface area contributed by atoms with Crippen molar-refractivity contribution < 1.29 is 23.1 Å². The number of anilines is 1. The van der Waals surface area contributed by atoms with Crippen molar-refractivity contribution in [2.24, 2.45) is 0 Å². The van der Waals surface area contributed by atoms with Gasteiger partial charge in [-0.05, 0) is 18.2 Å². The van der Waals surface area contributed by atoms with E-state index in [4.69, 9.17) is 4.74 Å². The lowest BCUT2D eigenvalue weighted by Crippen LogP contribution is -2.36. The summed E-state index contributed by atoms with van der Waals surface area (Å²) in [7, 11) is 1.29. The summed E-state index contributed by atoms with van der Waals surface area (Å²) in [6, 6.07) is 11.1. The average molecular weight is 297 g/mol. The standard InChI is InChI=1S/C15H14F3NO2/c1-21-13-10-6-5-9-12(13)14(15(16,17)18)19(20)11-7-3-2-4-8-11/h2-10,14,20H,1H3. The minimum absolute atomic E-state index is 0.0470. The van der Waals surface area contributed by atoms with Gasteiger partial charge in [0, 0.05) is 5.56 Å². The maximum Gasteiger partial charge on any atom is 0.415 e. The van der Waals surface area contributed by atoms with E-state index in [1.54, 1.807) is 24.3 Å². The summed E-state index contributed by atoms with van der Waals surface area (Å²) < 4.78 is 45.2.